The van der Waals surface area contributed by atoms with Crippen molar-refractivity contribution in [3.8, 4) is 0 Å². The topological polar surface area (TPSA) is 29.1 Å². The summed E-state index contributed by atoms with van der Waals surface area (Å²) in [4.78, 5) is 11.4. The summed E-state index contributed by atoms with van der Waals surface area (Å²) < 4.78 is 0. The summed E-state index contributed by atoms with van der Waals surface area (Å²) in [6.07, 6.45) is 2.15. The van der Waals surface area contributed by atoms with Gasteiger partial charge in [0.15, 0.2) is 0 Å². The zero-order chi connectivity index (χ0) is 9.52. The standard InChI is InChI=1S/C11H15NO.2ClH/c1-2-3-9-12-11(13)10-7-5-4-6-8-10;;/h4-8H,2-3,9H2,1H3,(H,12,13);2*1H. The van der Waals surface area contributed by atoms with Gasteiger partial charge in [-0.25, -0.2) is 0 Å². The van der Waals surface area contributed by atoms with E-state index in [0.717, 1.165) is 24.9 Å². The number of hydrogen-bond donors (Lipinski definition) is 1. The Hall–Kier alpha value is -0.730. The Morgan fingerprint density at radius 2 is 1.80 bits per heavy atom. The normalized spacial score (nSPS) is 8.33. The van der Waals surface area contributed by atoms with Gasteiger partial charge in [-0.2, -0.15) is 0 Å². The van der Waals surface area contributed by atoms with Crippen LogP contribution >= 0.6 is 24.8 Å². The largest absolute Gasteiger partial charge is 0.352 e. The minimum absolute atomic E-state index is 0. The Bertz CT molecular complexity index is 265. The van der Waals surface area contributed by atoms with Crippen molar-refractivity contribution >= 4 is 30.7 Å². The molecule has 15 heavy (non-hydrogen) atoms. The highest BCUT2D eigenvalue weighted by molar-refractivity contribution is 5.94. The van der Waals surface area contributed by atoms with Crippen molar-refractivity contribution in [1.29, 1.82) is 0 Å². The van der Waals surface area contributed by atoms with Crippen LogP contribution in [0.3, 0.4) is 0 Å². The van der Waals surface area contributed by atoms with E-state index in [-0.39, 0.29) is 30.7 Å². The predicted molar refractivity (Wildman–Crippen MR) is 68.2 cm³/mol. The van der Waals surface area contributed by atoms with Crippen LogP contribution in [-0.4, -0.2) is 12.5 Å². The lowest BCUT2D eigenvalue weighted by molar-refractivity contribution is 0.0953. The SMILES string of the molecule is CCCCNC(=O)c1ccccc1.Cl.Cl. The van der Waals surface area contributed by atoms with E-state index in [2.05, 4.69) is 12.2 Å². The molecule has 0 spiro atoms. The zero-order valence-electron chi connectivity index (χ0n) is 8.73. The van der Waals surface area contributed by atoms with Crippen LogP contribution in [0.1, 0.15) is 30.1 Å². The first-order valence-corrected chi connectivity index (χ1v) is 4.68. The number of unbranched alkanes of at least 4 members (excludes halogenated alkanes) is 1. The highest BCUT2D eigenvalue weighted by Gasteiger charge is 2.01. The lowest BCUT2D eigenvalue weighted by atomic mass is 10.2. The quantitative estimate of drug-likeness (QED) is 0.817. The molecule has 1 aromatic rings. The summed E-state index contributed by atoms with van der Waals surface area (Å²) in [5.74, 6) is 0.0223. The molecule has 0 bridgehead atoms. The van der Waals surface area contributed by atoms with Gasteiger partial charge in [-0.1, -0.05) is 31.5 Å². The average molecular weight is 250 g/mol. The van der Waals surface area contributed by atoms with Gasteiger partial charge in [-0.15, -0.1) is 24.8 Å². The third kappa shape index (κ3) is 6.37. The Balaban J connectivity index is 0. The van der Waals surface area contributed by atoms with Crippen LogP contribution in [0.5, 0.6) is 0 Å². The summed E-state index contributed by atoms with van der Waals surface area (Å²) in [5.41, 5.74) is 0.735. The highest BCUT2D eigenvalue weighted by atomic mass is 35.5. The molecule has 4 heteroatoms. The van der Waals surface area contributed by atoms with E-state index in [1.807, 2.05) is 30.3 Å². The van der Waals surface area contributed by atoms with Gasteiger partial charge in [0.25, 0.3) is 5.91 Å². The van der Waals surface area contributed by atoms with Crippen molar-refractivity contribution in [3.05, 3.63) is 35.9 Å². The van der Waals surface area contributed by atoms with Crippen molar-refractivity contribution in [1.82, 2.24) is 5.32 Å². The molecule has 0 atom stereocenters. The molecule has 0 aliphatic rings. The lowest BCUT2D eigenvalue weighted by Crippen LogP contribution is -2.24. The van der Waals surface area contributed by atoms with Gasteiger partial charge < -0.3 is 5.32 Å². The smallest absolute Gasteiger partial charge is 0.251 e. The van der Waals surface area contributed by atoms with Crippen LogP contribution in [0, 0.1) is 0 Å². The van der Waals surface area contributed by atoms with Gasteiger partial charge in [-0.05, 0) is 18.6 Å². The summed E-state index contributed by atoms with van der Waals surface area (Å²) in [6.45, 7) is 2.87. The summed E-state index contributed by atoms with van der Waals surface area (Å²) in [5, 5.41) is 2.86. The summed E-state index contributed by atoms with van der Waals surface area (Å²) in [6, 6.07) is 9.29. The van der Waals surface area contributed by atoms with Gasteiger partial charge in [0, 0.05) is 12.1 Å². The summed E-state index contributed by atoms with van der Waals surface area (Å²) >= 11 is 0. The first-order valence-electron chi connectivity index (χ1n) is 4.68. The number of rotatable bonds is 4. The van der Waals surface area contributed by atoms with Crippen molar-refractivity contribution in [3.63, 3.8) is 0 Å². The highest BCUT2D eigenvalue weighted by Crippen LogP contribution is 1.97. The number of halogens is 2. The maximum atomic E-state index is 11.4. The molecule has 86 valence electrons. The molecule has 0 aliphatic carbocycles. The fraction of sp³-hybridized carbons (Fsp3) is 0.364. The van der Waals surface area contributed by atoms with Crippen LogP contribution in [0.2, 0.25) is 0 Å². The van der Waals surface area contributed by atoms with Crippen LogP contribution < -0.4 is 5.32 Å². The fourth-order valence-corrected chi connectivity index (χ4v) is 1.07. The lowest BCUT2D eigenvalue weighted by Gasteiger charge is -2.02. The molecule has 1 rings (SSSR count). The maximum Gasteiger partial charge on any atom is 0.251 e. The third-order valence-corrected chi connectivity index (χ3v) is 1.85. The Morgan fingerprint density at radius 3 is 2.33 bits per heavy atom. The molecule has 0 aromatic heterocycles. The second kappa shape index (κ2) is 9.81. The van der Waals surface area contributed by atoms with Crippen molar-refractivity contribution in [2.45, 2.75) is 19.8 Å². The fourth-order valence-electron chi connectivity index (χ4n) is 1.07. The number of carbonyl (C=O) groups excluding carboxylic acids is 1. The van der Waals surface area contributed by atoms with E-state index in [4.69, 9.17) is 0 Å². The molecule has 0 fully saturated rings. The monoisotopic (exact) mass is 249 g/mol. The van der Waals surface area contributed by atoms with Crippen molar-refractivity contribution in [2.24, 2.45) is 0 Å². The number of benzene rings is 1. The molecule has 0 unspecified atom stereocenters. The number of hydrogen-bond acceptors (Lipinski definition) is 1. The molecule has 1 N–H and O–H groups in total. The molecular weight excluding hydrogens is 233 g/mol. The Labute approximate surface area is 103 Å². The van der Waals surface area contributed by atoms with Gasteiger partial charge in [0.1, 0.15) is 0 Å². The van der Waals surface area contributed by atoms with Gasteiger partial charge in [0.2, 0.25) is 0 Å². The second-order valence-corrected chi connectivity index (χ2v) is 2.98. The molecule has 1 amide bonds. The molecule has 1 aromatic carbocycles. The molecular formula is C11H17Cl2NO. The van der Waals surface area contributed by atoms with Crippen molar-refractivity contribution in [2.75, 3.05) is 6.54 Å². The van der Waals surface area contributed by atoms with Gasteiger partial charge in [0.05, 0.1) is 0 Å². The number of carbonyl (C=O) groups is 1. The molecule has 0 heterocycles. The van der Waals surface area contributed by atoms with Crippen molar-refractivity contribution < 1.29 is 4.79 Å². The molecule has 0 saturated heterocycles. The number of nitrogens with one attached hydrogen (secondary N) is 1. The maximum absolute atomic E-state index is 11.4. The van der Waals surface area contributed by atoms with E-state index >= 15 is 0 Å². The third-order valence-electron chi connectivity index (χ3n) is 1.85. The van der Waals surface area contributed by atoms with Crippen LogP contribution in [0.4, 0.5) is 0 Å². The van der Waals surface area contributed by atoms with E-state index in [1.54, 1.807) is 0 Å². The number of amides is 1. The van der Waals surface area contributed by atoms with E-state index in [9.17, 15) is 4.79 Å². The average Bonchev–Trinajstić information content (AvgIpc) is 2.19. The van der Waals surface area contributed by atoms with E-state index in [1.165, 1.54) is 0 Å². The summed E-state index contributed by atoms with van der Waals surface area (Å²) in [7, 11) is 0. The van der Waals surface area contributed by atoms with E-state index < -0.39 is 0 Å². The molecule has 2 nitrogen and oxygen atoms in total. The van der Waals surface area contributed by atoms with Crippen LogP contribution in [-0.2, 0) is 0 Å². The zero-order valence-corrected chi connectivity index (χ0v) is 10.4. The molecule has 0 radical (unpaired) electrons. The molecule has 0 aliphatic heterocycles. The predicted octanol–water partition coefficient (Wildman–Crippen LogP) is 3.06. The van der Waals surface area contributed by atoms with Crippen LogP contribution in [0.25, 0.3) is 0 Å². The van der Waals surface area contributed by atoms with Gasteiger partial charge in [-0.3, -0.25) is 4.79 Å². The Morgan fingerprint density at radius 1 is 1.20 bits per heavy atom. The van der Waals surface area contributed by atoms with Gasteiger partial charge >= 0.3 is 0 Å². The molecule has 0 saturated carbocycles. The first-order chi connectivity index (χ1) is 6.34. The Kier molecular flexibility index (Phi) is 10.9. The van der Waals surface area contributed by atoms with E-state index in [0.29, 0.717) is 0 Å². The minimum Gasteiger partial charge on any atom is -0.352 e. The second-order valence-electron chi connectivity index (χ2n) is 2.98. The first kappa shape index (κ1) is 16.7. The van der Waals surface area contributed by atoms with Crippen LogP contribution in [0.15, 0.2) is 30.3 Å². The minimum atomic E-state index is 0.